The number of phenolic OH excluding ortho intramolecular Hbond substituents is 1. The maximum atomic E-state index is 13.9. The summed E-state index contributed by atoms with van der Waals surface area (Å²) in [4.78, 5) is 28.9. The summed E-state index contributed by atoms with van der Waals surface area (Å²) in [5.41, 5.74) is 5.94. The second-order valence-corrected chi connectivity index (χ2v) is 12.2. The van der Waals surface area contributed by atoms with Crippen LogP contribution in [0.2, 0.25) is 5.02 Å². The zero-order chi connectivity index (χ0) is 31.0. The molecule has 0 radical (unpaired) electrons. The summed E-state index contributed by atoms with van der Waals surface area (Å²) in [7, 11) is -1.70. The van der Waals surface area contributed by atoms with Crippen molar-refractivity contribution in [2.75, 3.05) is 11.5 Å². The Morgan fingerprint density at radius 2 is 1.82 bits per heavy atom. The highest BCUT2D eigenvalue weighted by Crippen LogP contribution is 2.51. The van der Waals surface area contributed by atoms with Gasteiger partial charge in [0.1, 0.15) is 5.75 Å². The van der Waals surface area contributed by atoms with E-state index in [9.17, 15) is 24.7 Å². The second kappa shape index (κ2) is 12.7. The Bertz CT molecular complexity index is 1640. The number of rotatable bonds is 9. The van der Waals surface area contributed by atoms with Crippen LogP contribution in [0, 0.1) is 17.8 Å². The average Bonchev–Trinajstić information content (AvgIpc) is 3.55. The molecule has 0 saturated carbocycles. The average molecular weight is 612 g/mol. The van der Waals surface area contributed by atoms with Crippen LogP contribution in [0.15, 0.2) is 83.9 Å². The first-order valence-corrected chi connectivity index (χ1v) is 15.6. The Morgan fingerprint density at radius 3 is 2.55 bits per heavy atom. The number of amides is 2. The number of ether oxygens (including phenoxy) is 1. The second-order valence-electron chi connectivity index (χ2n) is 11.8. The Labute approximate surface area is 262 Å². The van der Waals surface area contributed by atoms with Crippen LogP contribution in [0.3, 0.4) is 0 Å². The van der Waals surface area contributed by atoms with Crippen LogP contribution in [-0.4, -0.2) is 46.8 Å². The normalized spacial score (nSPS) is 23.3. The highest BCUT2D eigenvalue weighted by Gasteiger charge is 2.57. The quantitative estimate of drug-likeness (QED) is 0.130. The van der Waals surface area contributed by atoms with Gasteiger partial charge in [0.05, 0.1) is 35.3 Å². The van der Waals surface area contributed by atoms with Crippen molar-refractivity contribution >= 4 is 53.3 Å². The number of carbonyl (C=O) groups excluding carboxylic acids is 2. The maximum Gasteiger partial charge on any atom is 0.488 e. The van der Waals surface area contributed by atoms with Crippen molar-refractivity contribution in [1.82, 2.24) is 0 Å². The van der Waals surface area contributed by atoms with E-state index >= 15 is 0 Å². The number of anilines is 1. The molecule has 0 bridgehead atoms. The van der Waals surface area contributed by atoms with E-state index in [0.29, 0.717) is 36.6 Å². The molecule has 4 atom stereocenters. The molecule has 3 aromatic rings. The van der Waals surface area contributed by atoms with Gasteiger partial charge in [-0.3, -0.25) is 14.5 Å². The van der Waals surface area contributed by atoms with Crippen LogP contribution in [0.1, 0.15) is 50.2 Å². The lowest BCUT2D eigenvalue weighted by atomic mass is 9.68. The van der Waals surface area contributed by atoms with Gasteiger partial charge in [-0.15, -0.1) is 0 Å². The minimum atomic E-state index is -1.70. The zero-order valence-corrected chi connectivity index (χ0v) is 25.3. The molecule has 0 unspecified atom stereocenters. The molecule has 3 N–H and O–H groups in total. The van der Waals surface area contributed by atoms with E-state index in [2.05, 4.69) is 25.1 Å². The van der Waals surface area contributed by atoms with Crippen molar-refractivity contribution in [2.24, 2.45) is 17.8 Å². The summed E-state index contributed by atoms with van der Waals surface area (Å²) in [6.07, 6.45) is 5.57. The molecular formula is C35H35BClNO6. The van der Waals surface area contributed by atoms with Crippen molar-refractivity contribution < 1.29 is 29.5 Å². The van der Waals surface area contributed by atoms with Crippen molar-refractivity contribution in [3.8, 4) is 5.75 Å². The lowest BCUT2D eigenvalue weighted by Crippen LogP contribution is -2.35. The number of imide groups is 1. The lowest BCUT2D eigenvalue weighted by molar-refractivity contribution is -0.122. The first kappa shape index (κ1) is 30.3. The molecule has 3 aromatic carbocycles. The standard InChI is InChI=1S/C35H35BClNO6/c1-2-7-24-17-28-33(35(41)38(34(28)40)26-11-6-10-25(18-26)36(42)43)29-20-44-31(32(24)29)15-13-22(21-8-4-3-5-9-21)16-23-12-14-27(39)19-30(23)37/h3-6,8-12,14,16,18-19,28-29,31,33,39,42-43H,2,7,13,15,17,20H2,1H3/b22-16-/t28-,29+,31-,33-/m1/s1. The van der Waals surface area contributed by atoms with E-state index in [4.69, 9.17) is 16.3 Å². The highest BCUT2D eigenvalue weighted by atomic mass is 35.5. The molecule has 44 heavy (non-hydrogen) atoms. The SMILES string of the molecule is CCCC1=C2[C@@H](CC/C(=C/c3ccc(O)cc3Cl)c3ccccc3)OC[C@@H]2[C@@H]2C(=O)N(c3cccc(B(O)O)c3)C(=O)[C@@H]2C1. The van der Waals surface area contributed by atoms with E-state index in [1.165, 1.54) is 28.2 Å². The van der Waals surface area contributed by atoms with Crippen LogP contribution in [-0.2, 0) is 14.3 Å². The lowest BCUT2D eigenvalue weighted by Gasteiger charge is -2.32. The number of halogens is 1. The van der Waals surface area contributed by atoms with E-state index in [0.717, 1.165) is 29.5 Å². The first-order valence-electron chi connectivity index (χ1n) is 15.2. The number of allylic oxidation sites excluding steroid dienone is 2. The smallest absolute Gasteiger partial charge is 0.488 e. The molecule has 2 aliphatic heterocycles. The molecule has 3 aliphatic rings. The van der Waals surface area contributed by atoms with Gasteiger partial charge in [0.2, 0.25) is 11.8 Å². The maximum absolute atomic E-state index is 13.9. The molecule has 9 heteroatoms. The summed E-state index contributed by atoms with van der Waals surface area (Å²) in [6, 6.07) is 21.4. The van der Waals surface area contributed by atoms with Crippen LogP contribution in [0.5, 0.6) is 5.75 Å². The van der Waals surface area contributed by atoms with Gasteiger partial charge in [-0.1, -0.05) is 73.0 Å². The number of nitrogens with zero attached hydrogens (tertiary/aromatic N) is 1. The van der Waals surface area contributed by atoms with Crippen LogP contribution in [0.4, 0.5) is 5.69 Å². The molecule has 2 saturated heterocycles. The Kier molecular flexibility index (Phi) is 8.78. The predicted molar refractivity (Wildman–Crippen MR) is 172 cm³/mol. The fourth-order valence-corrected chi connectivity index (χ4v) is 7.38. The molecule has 1 aliphatic carbocycles. The molecule has 7 nitrogen and oxygen atoms in total. The van der Waals surface area contributed by atoms with E-state index in [-0.39, 0.29) is 35.0 Å². The van der Waals surface area contributed by atoms with Crippen molar-refractivity contribution in [3.63, 3.8) is 0 Å². The summed E-state index contributed by atoms with van der Waals surface area (Å²) in [6.45, 7) is 2.50. The molecule has 2 amide bonds. The van der Waals surface area contributed by atoms with Gasteiger partial charge in [0.25, 0.3) is 0 Å². The predicted octanol–water partition coefficient (Wildman–Crippen LogP) is 5.37. The van der Waals surface area contributed by atoms with Gasteiger partial charge >= 0.3 is 7.12 Å². The van der Waals surface area contributed by atoms with Crippen molar-refractivity contribution in [2.45, 2.75) is 45.1 Å². The van der Waals surface area contributed by atoms with Crippen LogP contribution < -0.4 is 10.4 Å². The Hall–Kier alpha value is -3.69. The molecule has 0 aromatic heterocycles. The summed E-state index contributed by atoms with van der Waals surface area (Å²) in [5, 5.41) is 29.6. The van der Waals surface area contributed by atoms with Gasteiger partial charge in [-0.25, -0.2) is 0 Å². The monoisotopic (exact) mass is 611 g/mol. The number of carbonyl (C=O) groups is 2. The molecule has 0 spiro atoms. The third-order valence-electron chi connectivity index (χ3n) is 9.12. The van der Waals surface area contributed by atoms with E-state index in [1.807, 2.05) is 18.2 Å². The highest BCUT2D eigenvalue weighted by molar-refractivity contribution is 6.58. The number of fused-ring (bicyclic) bond motifs is 3. The number of benzene rings is 3. The molecule has 226 valence electrons. The third-order valence-corrected chi connectivity index (χ3v) is 9.45. The molecule has 2 fully saturated rings. The minimum Gasteiger partial charge on any atom is -0.508 e. The van der Waals surface area contributed by atoms with E-state index < -0.39 is 19.0 Å². The van der Waals surface area contributed by atoms with Gasteiger partial charge in [-0.05, 0) is 89.8 Å². The first-order chi connectivity index (χ1) is 21.3. The van der Waals surface area contributed by atoms with Gasteiger partial charge in [0.15, 0.2) is 0 Å². The summed E-state index contributed by atoms with van der Waals surface area (Å²) >= 11 is 6.47. The largest absolute Gasteiger partial charge is 0.508 e. The topological polar surface area (TPSA) is 107 Å². The third kappa shape index (κ3) is 5.75. The number of aromatic hydroxyl groups is 1. The summed E-state index contributed by atoms with van der Waals surface area (Å²) < 4.78 is 6.44. The van der Waals surface area contributed by atoms with Crippen LogP contribution >= 0.6 is 11.6 Å². The number of hydrogen-bond donors (Lipinski definition) is 3. The van der Waals surface area contributed by atoms with Crippen molar-refractivity contribution in [1.29, 1.82) is 0 Å². The number of phenols is 1. The fraction of sp³-hybridized carbons (Fsp3) is 0.314. The summed E-state index contributed by atoms with van der Waals surface area (Å²) in [5.74, 6) is -1.52. The number of hydrogen-bond acceptors (Lipinski definition) is 6. The van der Waals surface area contributed by atoms with Crippen LogP contribution in [0.25, 0.3) is 11.6 Å². The van der Waals surface area contributed by atoms with Crippen molar-refractivity contribution in [3.05, 3.63) is 100 Å². The van der Waals surface area contributed by atoms with E-state index in [1.54, 1.807) is 30.3 Å². The van der Waals surface area contributed by atoms with Gasteiger partial charge < -0.3 is 19.9 Å². The minimum absolute atomic E-state index is 0.113. The Balaban J connectivity index is 1.28. The van der Waals surface area contributed by atoms with Gasteiger partial charge in [0, 0.05) is 5.92 Å². The molecule has 2 heterocycles. The fourth-order valence-electron chi connectivity index (χ4n) is 7.15. The molecular weight excluding hydrogens is 577 g/mol. The van der Waals surface area contributed by atoms with Gasteiger partial charge in [-0.2, -0.15) is 0 Å². The Morgan fingerprint density at radius 1 is 1.02 bits per heavy atom. The molecule has 6 rings (SSSR count). The zero-order valence-electron chi connectivity index (χ0n) is 24.5.